The van der Waals surface area contributed by atoms with Gasteiger partial charge < -0.3 is 13.3 Å². The first-order chi connectivity index (χ1) is 7.64. The van der Waals surface area contributed by atoms with Gasteiger partial charge in [0.2, 0.25) is 0 Å². The molecule has 1 rings (SSSR count). The Bertz CT molecular complexity index is 187. The standard InChI is InChI=1S/C12H26O3Si/c1-11(2)9-10-15-16(13-3,14-4)12-7-5-6-8-12/h11-12H,5-10H2,1-4H3. The van der Waals surface area contributed by atoms with Gasteiger partial charge in [-0.2, -0.15) is 0 Å². The summed E-state index contributed by atoms with van der Waals surface area (Å²) in [6.07, 6.45) is 6.07. The molecule has 4 heteroatoms. The van der Waals surface area contributed by atoms with Crippen LogP contribution in [0.2, 0.25) is 5.54 Å². The van der Waals surface area contributed by atoms with Crippen molar-refractivity contribution < 1.29 is 13.3 Å². The fourth-order valence-corrected chi connectivity index (χ4v) is 5.19. The maximum Gasteiger partial charge on any atom is 0.503 e. The minimum atomic E-state index is -2.38. The Morgan fingerprint density at radius 3 is 2.12 bits per heavy atom. The van der Waals surface area contributed by atoms with E-state index in [1.807, 2.05) is 0 Å². The molecule has 1 saturated carbocycles. The van der Waals surface area contributed by atoms with Crippen LogP contribution in [0, 0.1) is 5.92 Å². The van der Waals surface area contributed by atoms with E-state index in [0.29, 0.717) is 11.5 Å². The van der Waals surface area contributed by atoms with Gasteiger partial charge in [-0.05, 0) is 25.2 Å². The van der Waals surface area contributed by atoms with Gasteiger partial charge in [-0.25, -0.2) is 0 Å². The van der Waals surface area contributed by atoms with Gasteiger partial charge in [0.05, 0.1) is 0 Å². The number of rotatable bonds is 7. The van der Waals surface area contributed by atoms with Gasteiger partial charge in [-0.15, -0.1) is 0 Å². The summed E-state index contributed by atoms with van der Waals surface area (Å²) in [7, 11) is 1.10. The molecule has 1 aliphatic carbocycles. The average Bonchev–Trinajstić information content (AvgIpc) is 2.78. The molecule has 0 aliphatic heterocycles. The topological polar surface area (TPSA) is 27.7 Å². The average molecular weight is 246 g/mol. The lowest BCUT2D eigenvalue weighted by atomic mass is 10.2. The Morgan fingerprint density at radius 1 is 1.12 bits per heavy atom. The minimum absolute atomic E-state index is 0.523. The lowest BCUT2D eigenvalue weighted by Crippen LogP contribution is -2.48. The third-order valence-electron chi connectivity index (χ3n) is 3.42. The quantitative estimate of drug-likeness (QED) is 0.646. The highest BCUT2D eigenvalue weighted by atomic mass is 28.4. The molecule has 0 bridgehead atoms. The molecule has 16 heavy (non-hydrogen) atoms. The van der Waals surface area contributed by atoms with E-state index in [0.717, 1.165) is 13.0 Å². The molecule has 0 N–H and O–H groups in total. The first kappa shape index (κ1) is 14.2. The van der Waals surface area contributed by atoms with Gasteiger partial charge in [0.25, 0.3) is 0 Å². The van der Waals surface area contributed by atoms with Gasteiger partial charge in [-0.3, -0.25) is 0 Å². The summed E-state index contributed by atoms with van der Waals surface area (Å²) in [5.41, 5.74) is 0.523. The second-order valence-electron chi connectivity index (χ2n) is 5.02. The normalized spacial score (nSPS) is 18.6. The first-order valence-corrected chi connectivity index (χ1v) is 8.19. The van der Waals surface area contributed by atoms with Gasteiger partial charge >= 0.3 is 8.80 Å². The van der Waals surface area contributed by atoms with Crippen LogP contribution in [0.5, 0.6) is 0 Å². The van der Waals surface area contributed by atoms with Crippen LogP contribution >= 0.6 is 0 Å². The summed E-state index contributed by atoms with van der Waals surface area (Å²) in [5, 5.41) is 0. The molecular weight excluding hydrogens is 220 g/mol. The predicted octanol–water partition coefficient (Wildman–Crippen LogP) is 3.23. The Morgan fingerprint density at radius 2 is 1.69 bits per heavy atom. The zero-order valence-corrected chi connectivity index (χ0v) is 12.1. The van der Waals surface area contributed by atoms with E-state index in [9.17, 15) is 0 Å². The maximum atomic E-state index is 6.02. The first-order valence-electron chi connectivity index (χ1n) is 6.39. The molecule has 0 aromatic rings. The van der Waals surface area contributed by atoms with Crippen LogP contribution in [0.3, 0.4) is 0 Å². The van der Waals surface area contributed by atoms with E-state index >= 15 is 0 Å². The van der Waals surface area contributed by atoms with Gasteiger partial charge in [-0.1, -0.05) is 26.7 Å². The van der Waals surface area contributed by atoms with E-state index in [1.165, 1.54) is 25.7 Å². The molecule has 0 amide bonds. The van der Waals surface area contributed by atoms with Crippen molar-refractivity contribution in [2.75, 3.05) is 20.8 Å². The molecule has 1 fully saturated rings. The zero-order valence-electron chi connectivity index (χ0n) is 11.1. The second-order valence-corrected chi connectivity index (χ2v) is 8.15. The van der Waals surface area contributed by atoms with Crippen LogP contribution < -0.4 is 0 Å². The van der Waals surface area contributed by atoms with Crippen molar-refractivity contribution in [2.45, 2.75) is 51.5 Å². The molecule has 0 saturated heterocycles. The van der Waals surface area contributed by atoms with E-state index in [-0.39, 0.29) is 0 Å². The smallest absolute Gasteiger partial charge is 0.377 e. The monoisotopic (exact) mass is 246 g/mol. The fourth-order valence-electron chi connectivity index (χ4n) is 2.37. The van der Waals surface area contributed by atoms with Crippen LogP contribution in [-0.4, -0.2) is 29.6 Å². The SMILES string of the molecule is CO[Si](OC)(OCCC(C)C)C1CCCC1. The minimum Gasteiger partial charge on any atom is -0.377 e. The van der Waals surface area contributed by atoms with E-state index < -0.39 is 8.80 Å². The van der Waals surface area contributed by atoms with Crippen LogP contribution in [0.25, 0.3) is 0 Å². The van der Waals surface area contributed by atoms with E-state index in [4.69, 9.17) is 13.3 Å². The van der Waals surface area contributed by atoms with Gasteiger partial charge in [0, 0.05) is 26.4 Å². The third kappa shape index (κ3) is 3.55. The number of hydrogen-bond acceptors (Lipinski definition) is 3. The molecule has 0 unspecified atom stereocenters. The van der Waals surface area contributed by atoms with Crippen LogP contribution in [-0.2, 0) is 13.3 Å². The van der Waals surface area contributed by atoms with Crippen molar-refractivity contribution in [3.8, 4) is 0 Å². The van der Waals surface area contributed by atoms with Gasteiger partial charge in [0.15, 0.2) is 0 Å². The lowest BCUT2D eigenvalue weighted by Gasteiger charge is -2.31. The van der Waals surface area contributed by atoms with Crippen molar-refractivity contribution >= 4 is 8.80 Å². The van der Waals surface area contributed by atoms with E-state index in [2.05, 4.69) is 13.8 Å². The maximum absolute atomic E-state index is 6.02. The summed E-state index contributed by atoms with van der Waals surface area (Å²) < 4.78 is 17.3. The molecule has 1 aliphatic rings. The van der Waals surface area contributed by atoms with E-state index in [1.54, 1.807) is 14.2 Å². The zero-order chi connectivity index (χ0) is 12.0. The third-order valence-corrected chi connectivity index (χ3v) is 6.74. The Labute approximate surface area is 101 Å². The Hall–Kier alpha value is 0.0969. The molecule has 0 spiro atoms. The Kier molecular flexibility index (Phi) is 5.96. The van der Waals surface area contributed by atoms with Crippen molar-refractivity contribution in [3.05, 3.63) is 0 Å². The predicted molar refractivity (Wildman–Crippen MR) is 67.4 cm³/mol. The summed E-state index contributed by atoms with van der Waals surface area (Å²) in [5.74, 6) is 0.670. The molecule has 0 aromatic carbocycles. The van der Waals surface area contributed by atoms with Crippen molar-refractivity contribution in [1.29, 1.82) is 0 Å². The molecule has 96 valence electrons. The van der Waals surface area contributed by atoms with Crippen LogP contribution in [0.1, 0.15) is 46.0 Å². The molecular formula is C12H26O3Si. The molecule has 0 aromatic heterocycles. The lowest BCUT2D eigenvalue weighted by molar-refractivity contribution is 0.0831. The molecule has 0 radical (unpaired) electrons. The summed E-state index contributed by atoms with van der Waals surface area (Å²) in [6.45, 7) is 5.19. The van der Waals surface area contributed by atoms with Crippen molar-refractivity contribution in [3.63, 3.8) is 0 Å². The summed E-state index contributed by atoms with van der Waals surface area (Å²) in [4.78, 5) is 0. The largest absolute Gasteiger partial charge is 0.503 e. The highest BCUT2D eigenvalue weighted by molar-refractivity contribution is 6.62. The van der Waals surface area contributed by atoms with Crippen LogP contribution in [0.4, 0.5) is 0 Å². The second kappa shape index (κ2) is 6.74. The molecule has 0 heterocycles. The van der Waals surface area contributed by atoms with Crippen molar-refractivity contribution in [1.82, 2.24) is 0 Å². The highest BCUT2D eigenvalue weighted by Gasteiger charge is 2.48. The van der Waals surface area contributed by atoms with Crippen LogP contribution in [0.15, 0.2) is 0 Å². The Balaban J connectivity index is 2.49. The summed E-state index contributed by atoms with van der Waals surface area (Å²) >= 11 is 0. The fraction of sp³-hybridized carbons (Fsp3) is 1.00. The van der Waals surface area contributed by atoms with Gasteiger partial charge in [0.1, 0.15) is 0 Å². The highest BCUT2D eigenvalue weighted by Crippen LogP contribution is 2.39. The summed E-state index contributed by atoms with van der Waals surface area (Å²) in [6, 6.07) is 0. The molecule has 3 nitrogen and oxygen atoms in total. The number of hydrogen-bond donors (Lipinski definition) is 0. The van der Waals surface area contributed by atoms with Crippen molar-refractivity contribution in [2.24, 2.45) is 5.92 Å². The molecule has 0 atom stereocenters.